The Kier molecular flexibility index (Phi) is 6.70. The predicted molar refractivity (Wildman–Crippen MR) is 89.7 cm³/mol. The molecule has 2 amide bonds. The van der Waals surface area contributed by atoms with Crippen molar-refractivity contribution in [2.24, 2.45) is 0 Å². The normalized spacial score (nSPS) is 14.3. The number of likely N-dealkylation sites (tertiary alicyclic amines) is 1. The Labute approximate surface area is 151 Å². The fourth-order valence-electron chi connectivity index (χ4n) is 2.30. The van der Waals surface area contributed by atoms with E-state index in [4.69, 9.17) is 9.47 Å². The Balaban J connectivity index is 1.81. The fourth-order valence-corrected chi connectivity index (χ4v) is 3.27. The summed E-state index contributed by atoms with van der Waals surface area (Å²) in [6.07, 6.45) is 0.877. The summed E-state index contributed by atoms with van der Waals surface area (Å²) in [7, 11) is -3.91. The summed E-state index contributed by atoms with van der Waals surface area (Å²) >= 11 is 0. The molecule has 0 unspecified atom stereocenters. The minimum absolute atomic E-state index is 0.0347. The van der Waals surface area contributed by atoms with E-state index in [-0.39, 0.29) is 10.8 Å². The second-order valence-electron chi connectivity index (χ2n) is 5.43. The Morgan fingerprint density at radius 2 is 1.92 bits per heavy atom. The average molecular weight is 384 g/mol. The highest BCUT2D eigenvalue weighted by Gasteiger charge is 2.27. The van der Waals surface area contributed by atoms with Crippen LogP contribution >= 0.6 is 0 Å². The van der Waals surface area contributed by atoms with Crippen LogP contribution in [0.2, 0.25) is 0 Å². The lowest BCUT2D eigenvalue weighted by molar-refractivity contribution is -0.153. The van der Waals surface area contributed by atoms with Gasteiger partial charge >= 0.3 is 5.97 Å². The minimum Gasteiger partial charge on any atom is -0.494 e. The van der Waals surface area contributed by atoms with Crippen LogP contribution in [0.1, 0.15) is 19.8 Å². The van der Waals surface area contributed by atoms with Gasteiger partial charge in [-0.2, -0.15) is 4.72 Å². The number of imide groups is 1. The molecule has 142 valence electrons. The number of amides is 2. The Bertz CT molecular complexity index is 774. The molecular weight excluding hydrogens is 364 g/mol. The number of ether oxygens (including phenoxy) is 2. The number of carbonyl (C=O) groups is 3. The van der Waals surface area contributed by atoms with Crippen LogP contribution in [0.5, 0.6) is 5.75 Å². The third kappa shape index (κ3) is 5.27. The number of benzene rings is 1. The first-order valence-electron chi connectivity index (χ1n) is 8.05. The van der Waals surface area contributed by atoms with Gasteiger partial charge in [0.05, 0.1) is 11.5 Å². The van der Waals surface area contributed by atoms with Gasteiger partial charge in [-0.3, -0.25) is 19.3 Å². The van der Waals surface area contributed by atoms with E-state index in [2.05, 4.69) is 4.72 Å². The summed E-state index contributed by atoms with van der Waals surface area (Å²) in [6.45, 7) is 1.34. The fraction of sp³-hybridized carbons (Fsp3) is 0.438. The number of hydrogen-bond acceptors (Lipinski definition) is 7. The molecule has 0 aliphatic carbocycles. The monoisotopic (exact) mass is 384 g/mol. The Morgan fingerprint density at radius 3 is 2.50 bits per heavy atom. The molecule has 1 fully saturated rings. The second kappa shape index (κ2) is 8.77. The molecule has 0 spiro atoms. The Morgan fingerprint density at radius 1 is 1.23 bits per heavy atom. The summed E-state index contributed by atoms with van der Waals surface area (Å²) in [5.41, 5.74) is 0. The van der Waals surface area contributed by atoms with Crippen molar-refractivity contribution in [3.8, 4) is 5.75 Å². The quantitative estimate of drug-likeness (QED) is 0.629. The van der Waals surface area contributed by atoms with E-state index in [1.165, 1.54) is 24.3 Å². The van der Waals surface area contributed by atoms with Gasteiger partial charge < -0.3 is 9.47 Å². The number of nitrogens with one attached hydrogen (secondary N) is 1. The maximum absolute atomic E-state index is 12.1. The summed E-state index contributed by atoms with van der Waals surface area (Å²) in [4.78, 5) is 35.8. The van der Waals surface area contributed by atoms with E-state index < -0.39 is 35.1 Å². The molecule has 10 heteroatoms. The van der Waals surface area contributed by atoms with Crippen LogP contribution in [0, 0.1) is 0 Å². The lowest BCUT2D eigenvalue weighted by Gasteiger charge is -2.13. The maximum atomic E-state index is 12.1. The first-order valence-corrected chi connectivity index (χ1v) is 9.53. The van der Waals surface area contributed by atoms with E-state index >= 15 is 0 Å². The van der Waals surface area contributed by atoms with Crippen LogP contribution in [0.25, 0.3) is 0 Å². The molecule has 2 rings (SSSR count). The van der Waals surface area contributed by atoms with Crippen molar-refractivity contribution < 1.29 is 32.3 Å². The van der Waals surface area contributed by atoms with Crippen molar-refractivity contribution in [2.45, 2.75) is 24.7 Å². The molecule has 9 nitrogen and oxygen atoms in total. The smallest absolute Gasteiger partial charge is 0.321 e. The van der Waals surface area contributed by atoms with Gasteiger partial charge in [-0.15, -0.1) is 0 Å². The zero-order valence-corrected chi connectivity index (χ0v) is 15.1. The van der Waals surface area contributed by atoms with Gasteiger partial charge in [0.2, 0.25) is 15.9 Å². The number of rotatable bonds is 8. The largest absolute Gasteiger partial charge is 0.494 e. The van der Waals surface area contributed by atoms with Gasteiger partial charge in [0.25, 0.3) is 5.91 Å². The van der Waals surface area contributed by atoms with Crippen LogP contribution in [0.3, 0.4) is 0 Å². The molecule has 0 radical (unpaired) electrons. The number of sulfonamides is 1. The van der Waals surface area contributed by atoms with E-state index in [1.54, 1.807) is 0 Å². The molecule has 1 aliphatic heterocycles. The molecular formula is C16H20N2O7S. The zero-order valence-electron chi connectivity index (χ0n) is 14.3. The molecule has 1 aromatic carbocycles. The molecule has 1 N–H and O–H groups in total. The molecule has 0 bridgehead atoms. The van der Waals surface area contributed by atoms with Gasteiger partial charge in [0.1, 0.15) is 12.3 Å². The van der Waals surface area contributed by atoms with Crippen molar-refractivity contribution in [2.75, 3.05) is 26.3 Å². The summed E-state index contributed by atoms with van der Waals surface area (Å²) in [5.74, 6) is -1.31. The van der Waals surface area contributed by atoms with Crippen LogP contribution in [0.15, 0.2) is 29.2 Å². The summed E-state index contributed by atoms with van der Waals surface area (Å²) < 4.78 is 36.3. The van der Waals surface area contributed by atoms with Crippen molar-refractivity contribution in [3.63, 3.8) is 0 Å². The lowest BCUT2D eigenvalue weighted by Crippen LogP contribution is -2.37. The standard InChI is InChI=1S/C16H20N2O7S/c1-2-24-12-5-7-13(8-6-12)26(22,23)17-10-16(21)25-11-15(20)18-9-3-4-14(18)19/h5-8,17H,2-4,9-11H2,1H3. The van der Waals surface area contributed by atoms with Gasteiger partial charge in [-0.05, 0) is 37.6 Å². The molecule has 1 aromatic rings. The van der Waals surface area contributed by atoms with Crippen molar-refractivity contribution in [3.05, 3.63) is 24.3 Å². The van der Waals surface area contributed by atoms with E-state index in [0.29, 0.717) is 31.7 Å². The van der Waals surface area contributed by atoms with Crippen molar-refractivity contribution in [1.29, 1.82) is 0 Å². The first-order chi connectivity index (χ1) is 12.3. The van der Waals surface area contributed by atoms with Gasteiger partial charge in [-0.25, -0.2) is 8.42 Å². The highest BCUT2D eigenvalue weighted by atomic mass is 32.2. The SMILES string of the molecule is CCOc1ccc(S(=O)(=O)NCC(=O)OCC(=O)N2CCCC2=O)cc1. The highest BCUT2D eigenvalue weighted by Crippen LogP contribution is 2.15. The van der Waals surface area contributed by atoms with Gasteiger partial charge in [0, 0.05) is 13.0 Å². The summed E-state index contributed by atoms with van der Waals surface area (Å²) in [6, 6.07) is 5.70. The molecule has 26 heavy (non-hydrogen) atoms. The molecule has 0 atom stereocenters. The number of esters is 1. The Hall–Kier alpha value is -2.46. The molecule has 0 saturated carbocycles. The van der Waals surface area contributed by atoms with Crippen LogP contribution in [0.4, 0.5) is 0 Å². The number of nitrogens with zero attached hydrogens (tertiary/aromatic N) is 1. The minimum atomic E-state index is -3.91. The summed E-state index contributed by atoms with van der Waals surface area (Å²) in [5, 5.41) is 0. The van der Waals surface area contributed by atoms with Crippen LogP contribution < -0.4 is 9.46 Å². The number of carbonyl (C=O) groups excluding carboxylic acids is 3. The van der Waals surface area contributed by atoms with Gasteiger partial charge in [0.15, 0.2) is 6.61 Å². The second-order valence-corrected chi connectivity index (χ2v) is 7.20. The van der Waals surface area contributed by atoms with Crippen molar-refractivity contribution >= 4 is 27.8 Å². The maximum Gasteiger partial charge on any atom is 0.321 e. The van der Waals surface area contributed by atoms with Crippen molar-refractivity contribution in [1.82, 2.24) is 9.62 Å². The van der Waals surface area contributed by atoms with Crippen LogP contribution in [-0.2, 0) is 29.1 Å². The predicted octanol–water partition coefficient (Wildman–Crippen LogP) is 0.0558. The zero-order chi connectivity index (χ0) is 19.2. The molecule has 1 aliphatic rings. The van der Waals surface area contributed by atoms with E-state index in [1.807, 2.05) is 6.92 Å². The van der Waals surface area contributed by atoms with Crippen LogP contribution in [-0.4, -0.2) is 57.4 Å². The number of hydrogen-bond donors (Lipinski definition) is 1. The molecule has 0 aromatic heterocycles. The third-order valence-corrected chi connectivity index (χ3v) is 5.00. The topological polar surface area (TPSA) is 119 Å². The highest BCUT2D eigenvalue weighted by molar-refractivity contribution is 7.89. The first kappa shape index (κ1) is 19.9. The molecule has 1 heterocycles. The lowest BCUT2D eigenvalue weighted by atomic mass is 10.3. The average Bonchev–Trinajstić information content (AvgIpc) is 3.05. The molecule has 1 saturated heterocycles. The van der Waals surface area contributed by atoms with Gasteiger partial charge in [-0.1, -0.05) is 0 Å². The van der Waals surface area contributed by atoms with E-state index in [0.717, 1.165) is 4.90 Å². The van der Waals surface area contributed by atoms with E-state index in [9.17, 15) is 22.8 Å². The third-order valence-electron chi connectivity index (χ3n) is 3.58.